The molecule has 0 aromatic carbocycles. The van der Waals surface area contributed by atoms with Crippen LogP contribution < -0.4 is 0 Å². The van der Waals surface area contributed by atoms with Crippen molar-refractivity contribution in [2.24, 2.45) is 13.0 Å². The van der Waals surface area contributed by atoms with Crippen LogP contribution in [0.4, 0.5) is 0 Å². The summed E-state index contributed by atoms with van der Waals surface area (Å²) in [4.78, 5) is 23.5. The molecule has 7 heteroatoms. The first-order valence-corrected chi connectivity index (χ1v) is 8.18. The van der Waals surface area contributed by atoms with E-state index in [-0.39, 0.29) is 11.8 Å². The van der Waals surface area contributed by atoms with Gasteiger partial charge >= 0.3 is 0 Å². The smallest absolute Gasteiger partial charge is 0.257 e. The van der Waals surface area contributed by atoms with Gasteiger partial charge < -0.3 is 9.64 Å². The molecule has 3 heterocycles. The summed E-state index contributed by atoms with van der Waals surface area (Å²) in [7, 11) is 1.81. The monoisotopic (exact) mass is 329 g/mol. The number of aromatic nitrogens is 4. The summed E-state index contributed by atoms with van der Waals surface area (Å²) in [5.74, 6) is 1.01. The first-order valence-electron chi connectivity index (χ1n) is 8.18. The Labute approximate surface area is 141 Å². The third-order valence-corrected chi connectivity index (χ3v) is 4.08. The van der Waals surface area contributed by atoms with Crippen molar-refractivity contribution < 1.29 is 9.53 Å². The molecular weight excluding hydrogens is 306 g/mol. The van der Waals surface area contributed by atoms with Gasteiger partial charge in [-0.25, -0.2) is 9.97 Å². The number of hydrogen-bond donors (Lipinski definition) is 0. The number of nitrogens with zero attached hydrogens (tertiary/aromatic N) is 5. The van der Waals surface area contributed by atoms with E-state index in [1.807, 2.05) is 31.9 Å². The Balaban J connectivity index is 1.71. The van der Waals surface area contributed by atoms with Gasteiger partial charge in [-0.2, -0.15) is 5.10 Å². The van der Waals surface area contributed by atoms with Gasteiger partial charge in [0.2, 0.25) is 0 Å². The van der Waals surface area contributed by atoms with Crippen molar-refractivity contribution >= 4 is 5.91 Å². The summed E-state index contributed by atoms with van der Waals surface area (Å²) >= 11 is 0. The number of rotatable bonds is 3. The van der Waals surface area contributed by atoms with Gasteiger partial charge in [-0.3, -0.25) is 9.48 Å². The average molecular weight is 329 g/mol. The zero-order valence-corrected chi connectivity index (χ0v) is 14.4. The maximum atomic E-state index is 12.7. The molecule has 1 aliphatic rings. The molecule has 0 saturated carbocycles. The molecule has 1 amide bonds. The lowest BCUT2D eigenvalue weighted by molar-refractivity contribution is 0.0737. The Morgan fingerprint density at radius 3 is 2.75 bits per heavy atom. The fraction of sp³-hybridized carbons (Fsp3) is 0.529. The Morgan fingerprint density at radius 1 is 1.33 bits per heavy atom. The molecule has 1 aliphatic heterocycles. The summed E-state index contributed by atoms with van der Waals surface area (Å²) in [5, 5.41) is 4.08. The summed E-state index contributed by atoms with van der Waals surface area (Å²) in [5.41, 5.74) is 2.55. The van der Waals surface area contributed by atoms with E-state index in [0.29, 0.717) is 38.3 Å². The molecule has 0 spiro atoms. The van der Waals surface area contributed by atoms with Crippen LogP contribution in [0, 0.1) is 19.8 Å². The number of ether oxygens (including phenoxy) is 1. The van der Waals surface area contributed by atoms with Crippen molar-refractivity contribution in [2.45, 2.75) is 20.3 Å². The van der Waals surface area contributed by atoms with Gasteiger partial charge in [0.05, 0.1) is 25.0 Å². The van der Waals surface area contributed by atoms with E-state index >= 15 is 0 Å². The van der Waals surface area contributed by atoms with Crippen molar-refractivity contribution in [1.29, 1.82) is 0 Å². The lowest BCUT2D eigenvalue weighted by Crippen LogP contribution is -2.36. The Kier molecular flexibility index (Phi) is 4.89. The Bertz CT molecular complexity index is 707. The first kappa shape index (κ1) is 16.6. The number of hydrogen-bond acceptors (Lipinski definition) is 5. The van der Waals surface area contributed by atoms with Crippen LogP contribution in [0.15, 0.2) is 18.5 Å². The second-order valence-corrected chi connectivity index (χ2v) is 6.37. The molecule has 128 valence electrons. The summed E-state index contributed by atoms with van der Waals surface area (Å²) in [6.45, 7) is 6.35. The van der Waals surface area contributed by atoms with E-state index < -0.39 is 0 Å². The lowest BCUT2D eigenvalue weighted by Gasteiger charge is -2.23. The third-order valence-electron chi connectivity index (χ3n) is 4.08. The molecule has 1 saturated heterocycles. The van der Waals surface area contributed by atoms with Gasteiger partial charge in [0.1, 0.15) is 5.82 Å². The second-order valence-electron chi connectivity index (χ2n) is 6.37. The van der Waals surface area contributed by atoms with Gasteiger partial charge in [-0.15, -0.1) is 0 Å². The molecule has 2 aromatic rings. The average Bonchev–Trinajstić information content (AvgIpc) is 2.81. The maximum absolute atomic E-state index is 12.7. The minimum Gasteiger partial charge on any atom is -0.379 e. The molecule has 0 N–H and O–H groups in total. The molecule has 7 nitrogen and oxygen atoms in total. The maximum Gasteiger partial charge on any atom is 0.257 e. The summed E-state index contributed by atoms with van der Waals surface area (Å²) in [6.07, 6.45) is 4.06. The van der Waals surface area contributed by atoms with Crippen molar-refractivity contribution in [3.8, 4) is 0 Å². The van der Waals surface area contributed by atoms with Gasteiger partial charge in [0.25, 0.3) is 5.91 Å². The molecule has 0 radical (unpaired) electrons. The van der Waals surface area contributed by atoms with Crippen LogP contribution in [0.25, 0.3) is 0 Å². The summed E-state index contributed by atoms with van der Waals surface area (Å²) in [6, 6.07) is 1.96. The zero-order valence-electron chi connectivity index (χ0n) is 14.4. The molecule has 1 fully saturated rings. The molecule has 0 unspecified atom stereocenters. The Hall–Kier alpha value is -2.28. The molecule has 24 heavy (non-hydrogen) atoms. The zero-order chi connectivity index (χ0) is 17.1. The van der Waals surface area contributed by atoms with Crippen molar-refractivity contribution in [3.63, 3.8) is 0 Å². The molecule has 2 aromatic heterocycles. The van der Waals surface area contributed by atoms with Crippen LogP contribution in [0.5, 0.6) is 0 Å². The fourth-order valence-electron chi connectivity index (χ4n) is 3.05. The highest BCUT2D eigenvalue weighted by Crippen LogP contribution is 2.15. The van der Waals surface area contributed by atoms with Crippen LogP contribution in [0.3, 0.4) is 0 Å². The SMILES string of the molecule is Cc1cc(C)nc(C[C@H]2COCCN(C(=O)c3cnn(C)c3)C2)n1. The highest BCUT2D eigenvalue weighted by atomic mass is 16.5. The predicted octanol–water partition coefficient (Wildman–Crippen LogP) is 1.16. The second kappa shape index (κ2) is 7.09. The lowest BCUT2D eigenvalue weighted by atomic mass is 10.1. The largest absolute Gasteiger partial charge is 0.379 e. The van der Waals surface area contributed by atoms with E-state index in [1.54, 1.807) is 17.1 Å². The fourth-order valence-corrected chi connectivity index (χ4v) is 3.05. The van der Waals surface area contributed by atoms with Crippen LogP contribution >= 0.6 is 0 Å². The minimum atomic E-state index is -0.0000545. The minimum absolute atomic E-state index is 0.0000545. The van der Waals surface area contributed by atoms with Crippen LogP contribution in [0.2, 0.25) is 0 Å². The molecule has 0 bridgehead atoms. The number of amides is 1. The predicted molar refractivity (Wildman–Crippen MR) is 88.6 cm³/mol. The van der Waals surface area contributed by atoms with Crippen molar-refractivity contribution in [1.82, 2.24) is 24.6 Å². The van der Waals surface area contributed by atoms with Gasteiger partial charge in [0, 0.05) is 50.1 Å². The van der Waals surface area contributed by atoms with Crippen LogP contribution in [-0.4, -0.2) is 56.9 Å². The topological polar surface area (TPSA) is 73.1 Å². The van der Waals surface area contributed by atoms with E-state index in [2.05, 4.69) is 15.1 Å². The van der Waals surface area contributed by atoms with E-state index in [1.165, 1.54) is 0 Å². The van der Waals surface area contributed by atoms with Crippen molar-refractivity contribution in [2.75, 3.05) is 26.3 Å². The third kappa shape index (κ3) is 3.97. The molecule has 0 aliphatic carbocycles. The molecular formula is C17H23N5O2. The van der Waals surface area contributed by atoms with Crippen LogP contribution in [0.1, 0.15) is 27.6 Å². The van der Waals surface area contributed by atoms with Gasteiger partial charge in [0.15, 0.2) is 0 Å². The standard InChI is InChI=1S/C17H23N5O2/c1-12-6-13(2)20-16(19-12)7-14-9-22(4-5-24-11-14)17(23)15-8-18-21(3)10-15/h6,8,10,14H,4-5,7,9,11H2,1-3H3/t14-/m1/s1. The highest BCUT2D eigenvalue weighted by molar-refractivity contribution is 5.93. The van der Waals surface area contributed by atoms with Crippen molar-refractivity contribution in [3.05, 3.63) is 41.2 Å². The normalized spacial score (nSPS) is 18.5. The van der Waals surface area contributed by atoms with Crippen LogP contribution in [-0.2, 0) is 18.2 Å². The Morgan fingerprint density at radius 2 is 2.08 bits per heavy atom. The van der Waals surface area contributed by atoms with Gasteiger partial charge in [-0.1, -0.05) is 0 Å². The quantitative estimate of drug-likeness (QED) is 0.845. The number of aryl methyl sites for hydroxylation is 3. The molecule has 1 atom stereocenters. The number of carbonyl (C=O) groups excluding carboxylic acids is 1. The summed E-state index contributed by atoms with van der Waals surface area (Å²) < 4.78 is 7.33. The number of carbonyl (C=O) groups is 1. The van der Waals surface area contributed by atoms with E-state index in [0.717, 1.165) is 17.2 Å². The van der Waals surface area contributed by atoms with E-state index in [9.17, 15) is 4.79 Å². The highest BCUT2D eigenvalue weighted by Gasteiger charge is 2.25. The first-order chi connectivity index (χ1) is 11.5. The molecule has 3 rings (SSSR count). The van der Waals surface area contributed by atoms with Gasteiger partial charge in [-0.05, 0) is 19.9 Å². The van der Waals surface area contributed by atoms with E-state index in [4.69, 9.17) is 4.74 Å².